The standard InChI is InChI=1S/C17H28N2O/c1-3-9-18-10-12-19(13-11-18)17(14-20)16-7-5-15(4-2)6-8-16/h5-8,17,20H,3-4,9-14H2,1-2H3. The molecule has 1 aromatic rings. The summed E-state index contributed by atoms with van der Waals surface area (Å²) < 4.78 is 0. The normalized spacial score (nSPS) is 19.1. The van der Waals surface area contributed by atoms with Gasteiger partial charge in [0.2, 0.25) is 0 Å². The molecular formula is C17H28N2O. The molecule has 0 radical (unpaired) electrons. The summed E-state index contributed by atoms with van der Waals surface area (Å²) in [6, 6.07) is 8.89. The van der Waals surface area contributed by atoms with E-state index in [1.165, 1.54) is 24.1 Å². The molecule has 0 aromatic heterocycles. The number of aryl methyl sites for hydroxylation is 1. The van der Waals surface area contributed by atoms with Gasteiger partial charge in [0.15, 0.2) is 0 Å². The predicted molar refractivity (Wildman–Crippen MR) is 84.0 cm³/mol. The van der Waals surface area contributed by atoms with Crippen LogP contribution in [0.15, 0.2) is 24.3 Å². The first kappa shape index (κ1) is 15.5. The van der Waals surface area contributed by atoms with E-state index >= 15 is 0 Å². The lowest BCUT2D eigenvalue weighted by atomic mass is 10.0. The summed E-state index contributed by atoms with van der Waals surface area (Å²) in [6.45, 7) is 10.2. The predicted octanol–water partition coefficient (Wildman–Crippen LogP) is 2.31. The number of hydrogen-bond acceptors (Lipinski definition) is 3. The Labute approximate surface area is 123 Å². The van der Waals surface area contributed by atoms with Gasteiger partial charge >= 0.3 is 0 Å². The third-order valence-electron chi connectivity index (χ3n) is 4.33. The van der Waals surface area contributed by atoms with Gasteiger partial charge in [0.05, 0.1) is 12.6 Å². The van der Waals surface area contributed by atoms with E-state index in [0.29, 0.717) is 0 Å². The summed E-state index contributed by atoms with van der Waals surface area (Å²) in [5, 5.41) is 9.77. The summed E-state index contributed by atoms with van der Waals surface area (Å²) in [5.41, 5.74) is 2.60. The maximum atomic E-state index is 9.77. The number of benzene rings is 1. The minimum absolute atomic E-state index is 0.157. The molecule has 0 bridgehead atoms. The smallest absolute Gasteiger partial charge is 0.0628 e. The van der Waals surface area contributed by atoms with Crippen molar-refractivity contribution >= 4 is 0 Å². The first-order chi connectivity index (χ1) is 9.78. The minimum atomic E-state index is 0.157. The zero-order valence-electron chi connectivity index (χ0n) is 12.9. The molecule has 20 heavy (non-hydrogen) atoms. The summed E-state index contributed by atoms with van der Waals surface area (Å²) in [6.07, 6.45) is 2.29. The van der Waals surface area contributed by atoms with Gasteiger partial charge in [-0.25, -0.2) is 0 Å². The molecule has 1 fully saturated rings. The number of rotatable bonds is 6. The lowest BCUT2D eigenvalue weighted by Crippen LogP contribution is -2.48. The van der Waals surface area contributed by atoms with Crippen molar-refractivity contribution in [1.29, 1.82) is 0 Å². The molecule has 3 nitrogen and oxygen atoms in total. The first-order valence-electron chi connectivity index (χ1n) is 7.94. The number of aliphatic hydroxyl groups excluding tert-OH is 1. The Morgan fingerprint density at radius 3 is 2.20 bits per heavy atom. The van der Waals surface area contributed by atoms with Crippen molar-refractivity contribution < 1.29 is 5.11 Å². The van der Waals surface area contributed by atoms with Crippen molar-refractivity contribution in [1.82, 2.24) is 9.80 Å². The highest BCUT2D eigenvalue weighted by atomic mass is 16.3. The molecule has 112 valence electrons. The van der Waals surface area contributed by atoms with Crippen LogP contribution in [0.2, 0.25) is 0 Å². The molecule has 1 unspecified atom stereocenters. The van der Waals surface area contributed by atoms with Crippen LogP contribution >= 0.6 is 0 Å². The summed E-state index contributed by atoms with van der Waals surface area (Å²) >= 11 is 0. The molecule has 3 heteroatoms. The maximum Gasteiger partial charge on any atom is 0.0628 e. The van der Waals surface area contributed by atoms with Crippen LogP contribution in [0.5, 0.6) is 0 Å². The first-order valence-corrected chi connectivity index (χ1v) is 7.94. The topological polar surface area (TPSA) is 26.7 Å². The molecule has 0 saturated carbocycles. The number of aliphatic hydroxyl groups is 1. The Morgan fingerprint density at radius 2 is 1.70 bits per heavy atom. The van der Waals surface area contributed by atoms with Crippen molar-refractivity contribution in [3.8, 4) is 0 Å². The van der Waals surface area contributed by atoms with Crippen LogP contribution in [0.3, 0.4) is 0 Å². The molecule has 2 rings (SSSR count). The maximum absolute atomic E-state index is 9.77. The monoisotopic (exact) mass is 276 g/mol. The lowest BCUT2D eigenvalue weighted by Gasteiger charge is -2.38. The van der Waals surface area contributed by atoms with Crippen LogP contribution in [0.25, 0.3) is 0 Å². The van der Waals surface area contributed by atoms with Gasteiger partial charge < -0.3 is 10.0 Å². The molecule has 1 heterocycles. The van der Waals surface area contributed by atoms with Crippen LogP contribution in [0.1, 0.15) is 37.4 Å². The molecule has 0 spiro atoms. The van der Waals surface area contributed by atoms with Crippen molar-refractivity contribution in [2.24, 2.45) is 0 Å². The highest BCUT2D eigenvalue weighted by Crippen LogP contribution is 2.22. The van der Waals surface area contributed by atoms with E-state index < -0.39 is 0 Å². The van der Waals surface area contributed by atoms with Gasteiger partial charge in [-0.05, 0) is 30.5 Å². The SMILES string of the molecule is CCCN1CCN(C(CO)c2ccc(CC)cc2)CC1. The van der Waals surface area contributed by atoms with Crippen molar-refractivity contribution in [3.05, 3.63) is 35.4 Å². The van der Waals surface area contributed by atoms with Crippen molar-refractivity contribution in [2.45, 2.75) is 32.7 Å². The van der Waals surface area contributed by atoms with E-state index in [0.717, 1.165) is 32.6 Å². The van der Waals surface area contributed by atoms with E-state index in [1.807, 2.05) is 0 Å². The van der Waals surface area contributed by atoms with Gasteiger partial charge in [-0.2, -0.15) is 0 Å². The Hall–Kier alpha value is -0.900. The van der Waals surface area contributed by atoms with E-state index in [-0.39, 0.29) is 12.6 Å². The minimum Gasteiger partial charge on any atom is -0.394 e. The van der Waals surface area contributed by atoms with Crippen LogP contribution < -0.4 is 0 Å². The van der Waals surface area contributed by atoms with E-state index in [4.69, 9.17) is 0 Å². The molecule has 1 aliphatic heterocycles. The largest absolute Gasteiger partial charge is 0.394 e. The Balaban J connectivity index is 1.97. The molecule has 1 aliphatic rings. The van der Waals surface area contributed by atoms with Crippen molar-refractivity contribution in [3.63, 3.8) is 0 Å². The zero-order valence-corrected chi connectivity index (χ0v) is 12.9. The third kappa shape index (κ3) is 3.81. The third-order valence-corrected chi connectivity index (χ3v) is 4.33. The Kier molecular flexibility index (Phi) is 6.02. The van der Waals surface area contributed by atoms with Gasteiger partial charge in [-0.15, -0.1) is 0 Å². The molecule has 1 atom stereocenters. The van der Waals surface area contributed by atoms with Crippen molar-refractivity contribution in [2.75, 3.05) is 39.3 Å². The van der Waals surface area contributed by atoms with Gasteiger partial charge in [0.1, 0.15) is 0 Å². The van der Waals surface area contributed by atoms with Gasteiger partial charge in [0.25, 0.3) is 0 Å². The molecule has 1 aromatic carbocycles. The second kappa shape index (κ2) is 7.77. The van der Waals surface area contributed by atoms with Crippen LogP contribution in [-0.4, -0.2) is 54.2 Å². The molecule has 1 saturated heterocycles. The quantitative estimate of drug-likeness (QED) is 0.864. The Morgan fingerprint density at radius 1 is 1.05 bits per heavy atom. The van der Waals surface area contributed by atoms with Gasteiger partial charge in [0, 0.05) is 26.2 Å². The molecule has 0 amide bonds. The van der Waals surface area contributed by atoms with Gasteiger partial charge in [-0.3, -0.25) is 4.90 Å². The van der Waals surface area contributed by atoms with Crippen LogP contribution in [-0.2, 0) is 6.42 Å². The average molecular weight is 276 g/mol. The fourth-order valence-corrected chi connectivity index (χ4v) is 3.02. The van der Waals surface area contributed by atoms with Gasteiger partial charge in [-0.1, -0.05) is 38.1 Å². The number of piperazine rings is 1. The second-order valence-electron chi connectivity index (χ2n) is 5.67. The van der Waals surface area contributed by atoms with Crippen LogP contribution in [0.4, 0.5) is 0 Å². The van der Waals surface area contributed by atoms with Crippen LogP contribution in [0, 0.1) is 0 Å². The highest BCUT2D eigenvalue weighted by molar-refractivity contribution is 5.25. The molecule has 1 N–H and O–H groups in total. The highest BCUT2D eigenvalue weighted by Gasteiger charge is 2.24. The summed E-state index contributed by atoms with van der Waals surface area (Å²) in [4.78, 5) is 4.94. The summed E-state index contributed by atoms with van der Waals surface area (Å²) in [5.74, 6) is 0. The number of hydrogen-bond donors (Lipinski definition) is 1. The van der Waals surface area contributed by atoms with E-state index in [1.54, 1.807) is 0 Å². The average Bonchev–Trinajstić information content (AvgIpc) is 2.51. The molecule has 0 aliphatic carbocycles. The Bertz CT molecular complexity index is 382. The zero-order chi connectivity index (χ0) is 14.4. The lowest BCUT2D eigenvalue weighted by molar-refractivity contribution is 0.0651. The second-order valence-corrected chi connectivity index (χ2v) is 5.67. The number of nitrogens with zero attached hydrogens (tertiary/aromatic N) is 2. The fraction of sp³-hybridized carbons (Fsp3) is 0.647. The van der Waals surface area contributed by atoms with E-state index in [9.17, 15) is 5.11 Å². The van der Waals surface area contributed by atoms with E-state index in [2.05, 4.69) is 47.9 Å². The summed E-state index contributed by atoms with van der Waals surface area (Å²) in [7, 11) is 0. The molecular weight excluding hydrogens is 248 g/mol. The fourth-order valence-electron chi connectivity index (χ4n) is 3.02.